The fraction of sp³-hybridized carbons (Fsp3) is 0.750. The number of allylic oxidation sites excluding steroid dienone is 1. The Kier molecular flexibility index (Phi) is 14.8. The topological polar surface area (TPSA) is 40.5 Å². The molecule has 0 rings (SSSR count). The summed E-state index contributed by atoms with van der Waals surface area (Å²) in [5, 5.41) is 17.2. The summed E-state index contributed by atoms with van der Waals surface area (Å²) in [5.74, 6) is 0. The third-order valence-electron chi connectivity index (χ3n) is 1.19. The maximum atomic E-state index is 8.77. The van der Waals surface area contributed by atoms with Crippen LogP contribution in [0.4, 0.5) is 0 Å². The van der Waals surface area contributed by atoms with E-state index in [0.717, 1.165) is 19.3 Å². The molecule has 0 heterocycles. The second-order valence-corrected chi connectivity index (χ2v) is 2.39. The molecule has 2 nitrogen and oxygen atoms in total. The molecule has 0 aliphatic rings. The number of hydrogen-bond donors (Lipinski definition) is 2. The molecule has 0 aliphatic carbocycles. The van der Waals surface area contributed by atoms with E-state index >= 15 is 0 Å². The first-order chi connectivity index (χ1) is 4.77. The molecular formula is C8H16AcO2. The largest absolute Gasteiger partial charge is 0.396 e. The van der Waals surface area contributed by atoms with Crippen molar-refractivity contribution in [2.75, 3.05) is 6.61 Å². The normalized spacial score (nSPS) is 13.0. The van der Waals surface area contributed by atoms with Crippen molar-refractivity contribution in [3.63, 3.8) is 0 Å². The van der Waals surface area contributed by atoms with Crippen molar-refractivity contribution in [2.45, 2.75) is 32.3 Å². The number of hydrogen-bond acceptors (Lipinski definition) is 2. The van der Waals surface area contributed by atoms with E-state index in [2.05, 4.69) is 0 Å². The summed E-state index contributed by atoms with van der Waals surface area (Å²) in [7, 11) is 0. The predicted molar refractivity (Wildman–Crippen MR) is 41.8 cm³/mol. The van der Waals surface area contributed by atoms with Crippen molar-refractivity contribution in [1.29, 1.82) is 0 Å². The van der Waals surface area contributed by atoms with Crippen molar-refractivity contribution in [1.82, 2.24) is 0 Å². The van der Waals surface area contributed by atoms with Crippen molar-refractivity contribution in [3.8, 4) is 0 Å². The number of unbranched alkanes of at least 4 members (excludes halogenated alkanes) is 2. The second kappa shape index (κ2) is 11.1. The molecule has 2 N–H and O–H groups in total. The van der Waals surface area contributed by atoms with Gasteiger partial charge in [-0.1, -0.05) is 12.2 Å². The van der Waals surface area contributed by atoms with E-state index in [1.807, 2.05) is 6.08 Å². The van der Waals surface area contributed by atoms with Gasteiger partial charge in [0.25, 0.3) is 0 Å². The van der Waals surface area contributed by atoms with Crippen LogP contribution in [-0.4, -0.2) is 22.9 Å². The van der Waals surface area contributed by atoms with Gasteiger partial charge in [0, 0.05) is 50.7 Å². The molecule has 0 aliphatic heterocycles. The summed E-state index contributed by atoms with van der Waals surface area (Å²) < 4.78 is 0. The minimum atomic E-state index is -0.339. The first-order valence-electron chi connectivity index (χ1n) is 3.73. The zero-order chi connectivity index (χ0) is 7.82. The quantitative estimate of drug-likeness (QED) is 0.561. The van der Waals surface area contributed by atoms with E-state index in [0.29, 0.717) is 0 Å². The number of aliphatic hydroxyl groups is 2. The Morgan fingerprint density at radius 1 is 1.36 bits per heavy atom. The zero-order valence-corrected chi connectivity index (χ0v) is 11.8. The van der Waals surface area contributed by atoms with Gasteiger partial charge in [-0.05, 0) is 26.2 Å². The summed E-state index contributed by atoms with van der Waals surface area (Å²) in [6.07, 6.45) is 6.17. The Bertz CT molecular complexity index is 92.1. The van der Waals surface area contributed by atoms with Crippen LogP contribution in [0.25, 0.3) is 0 Å². The van der Waals surface area contributed by atoms with Crippen molar-refractivity contribution in [2.24, 2.45) is 0 Å². The molecule has 1 unspecified atom stereocenters. The Balaban J connectivity index is 0. The van der Waals surface area contributed by atoms with E-state index < -0.39 is 0 Å². The minimum absolute atomic E-state index is 0. The smallest absolute Gasteiger partial charge is 0.0692 e. The van der Waals surface area contributed by atoms with Crippen LogP contribution in [0, 0.1) is 44.1 Å². The summed E-state index contributed by atoms with van der Waals surface area (Å²) in [4.78, 5) is 0. The molecule has 0 saturated heterocycles. The Morgan fingerprint density at radius 2 is 2.00 bits per heavy atom. The molecule has 0 amide bonds. The van der Waals surface area contributed by atoms with Crippen LogP contribution in [0.3, 0.4) is 0 Å². The van der Waals surface area contributed by atoms with Crippen LogP contribution in [0.15, 0.2) is 12.2 Å². The fourth-order valence-corrected chi connectivity index (χ4v) is 0.667. The minimum Gasteiger partial charge on any atom is -0.396 e. The molecule has 11 heavy (non-hydrogen) atoms. The summed E-state index contributed by atoms with van der Waals surface area (Å²) in [6, 6.07) is 0. The third-order valence-corrected chi connectivity index (χ3v) is 1.19. The first kappa shape index (κ1) is 14.6. The van der Waals surface area contributed by atoms with Crippen molar-refractivity contribution in [3.05, 3.63) is 12.2 Å². The van der Waals surface area contributed by atoms with Gasteiger partial charge in [0.1, 0.15) is 0 Å². The van der Waals surface area contributed by atoms with E-state index in [1.54, 1.807) is 13.0 Å². The molecule has 0 aromatic rings. The molecular weight excluding hydrogens is 355 g/mol. The first-order valence-corrected chi connectivity index (χ1v) is 3.73. The number of rotatable bonds is 5. The van der Waals surface area contributed by atoms with Gasteiger partial charge in [-0.25, -0.2) is 0 Å². The van der Waals surface area contributed by atoms with Gasteiger partial charge in [-0.2, -0.15) is 0 Å². The van der Waals surface area contributed by atoms with Crippen LogP contribution in [0.2, 0.25) is 0 Å². The van der Waals surface area contributed by atoms with Gasteiger partial charge >= 0.3 is 0 Å². The monoisotopic (exact) mass is 371 g/mol. The van der Waals surface area contributed by atoms with Gasteiger partial charge in [-0.3, -0.25) is 0 Å². The molecule has 0 aromatic carbocycles. The molecule has 0 bridgehead atoms. The predicted octanol–water partition coefficient (Wildman–Crippen LogP) is 1.09. The van der Waals surface area contributed by atoms with Crippen LogP contribution < -0.4 is 0 Å². The maximum Gasteiger partial charge on any atom is 0.0692 e. The second-order valence-electron chi connectivity index (χ2n) is 2.39. The summed E-state index contributed by atoms with van der Waals surface area (Å²) >= 11 is 0. The molecule has 0 fully saturated rings. The standard InChI is InChI=1S/C8H16O2.Ac/c1-8(10)6-4-2-3-5-7-9;/h4,6,8-10H,2-3,5,7H2,1H3;. The third kappa shape index (κ3) is 14.0. The van der Waals surface area contributed by atoms with Crippen molar-refractivity contribution >= 4 is 0 Å². The summed E-state index contributed by atoms with van der Waals surface area (Å²) in [6.45, 7) is 1.99. The molecule has 3 heteroatoms. The van der Waals surface area contributed by atoms with E-state index in [1.165, 1.54) is 0 Å². The SMILES string of the molecule is CC(O)C=CCCCCO.[Ac]. The molecule has 0 spiro atoms. The average Bonchev–Trinajstić information content (AvgIpc) is 1.87. The Hall–Kier alpha value is 1.10. The van der Waals surface area contributed by atoms with Crippen LogP contribution in [0.1, 0.15) is 26.2 Å². The van der Waals surface area contributed by atoms with Gasteiger partial charge in [0.05, 0.1) is 6.10 Å². The number of aliphatic hydroxyl groups excluding tert-OH is 2. The Morgan fingerprint density at radius 3 is 2.45 bits per heavy atom. The molecule has 1 radical (unpaired) electrons. The van der Waals surface area contributed by atoms with Gasteiger partial charge < -0.3 is 10.2 Å². The molecule has 1 atom stereocenters. The van der Waals surface area contributed by atoms with E-state index in [9.17, 15) is 0 Å². The van der Waals surface area contributed by atoms with Crippen molar-refractivity contribution < 1.29 is 54.3 Å². The van der Waals surface area contributed by atoms with Crippen LogP contribution in [-0.2, 0) is 0 Å². The van der Waals surface area contributed by atoms with E-state index in [-0.39, 0.29) is 56.8 Å². The van der Waals surface area contributed by atoms with Gasteiger partial charge in [0.2, 0.25) is 0 Å². The molecule has 0 aromatic heterocycles. The fourth-order valence-electron chi connectivity index (χ4n) is 0.667. The van der Waals surface area contributed by atoms with Crippen LogP contribution in [0.5, 0.6) is 0 Å². The summed E-state index contributed by atoms with van der Waals surface area (Å²) in [5.41, 5.74) is 0. The van der Waals surface area contributed by atoms with Gasteiger partial charge in [0.15, 0.2) is 0 Å². The van der Waals surface area contributed by atoms with E-state index in [4.69, 9.17) is 10.2 Å². The maximum absolute atomic E-state index is 8.77. The molecule has 63 valence electrons. The average molecular weight is 371 g/mol. The van der Waals surface area contributed by atoms with Crippen LogP contribution >= 0.6 is 0 Å². The molecule has 0 saturated carbocycles. The zero-order valence-electron chi connectivity index (χ0n) is 7.03. The van der Waals surface area contributed by atoms with Gasteiger partial charge in [-0.15, -0.1) is 0 Å². The Labute approximate surface area is 104 Å².